The molecule has 3 aromatic rings. The molecule has 0 aliphatic rings. The van der Waals surface area contributed by atoms with Crippen molar-refractivity contribution < 1.29 is 23.8 Å². The molecule has 0 saturated carbocycles. The van der Waals surface area contributed by atoms with E-state index in [4.69, 9.17) is 14.2 Å². The van der Waals surface area contributed by atoms with Crippen LogP contribution in [0.4, 0.5) is 5.69 Å². The van der Waals surface area contributed by atoms with Gasteiger partial charge >= 0.3 is 5.97 Å². The zero-order valence-electron chi connectivity index (χ0n) is 15.9. The lowest BCUT2D eigenvalue weighted by Gasteiger charge is -2.15. The standard InChI is InChI=1S/C22H21NO5/c1-14(28-22(25)16-11-12-19(26-2)20(13-16)27-3)21(24)23-18-10-6-8-15-7-4-5-9-17(15)18/h4-14H,1-3H3,(H,23,24)/t14-/m1/s1. The summed E-state index contributed by atoms with van der Waals surface area (Å²) in [6.45, 7) is 1.53. The molecule has 6 nitrogen and oxygen atoms in total. The van der Waals surface area contributed by atoms with Crippen LogP contribution in [-0.2, 0) is 9.53 Å². The van der Waals surface area contributed by atoms with E-state index in [0.29, 0.717) is 17.2 Å². The van der Waals surface area contributed by atoms with Gasteiger partial charge in [-0.3, -0.25) is 4.79 Å². The minimum Gasteiger partial charge on any atom is -0.493 e. The first kappa shape index (κ1) is 19.2. The number of nitrogens with one attached hydrogen (secondary N) is 1. The molecule has 0 spiro atoms. The summed E-state index contributed by atoms with van der Waals surface area (Å²) in [5.74, 6) is -0.127. The number of benzene rings is 3. The molecule has 0 aliphatic heterocycles. The third-order valence-electron chi connectivity index (χ3n) is 4.32. The molecule has 0 saturated heterocycles. The third kappa shape index (κ3) is 4.06. The van der Waals surface area contributed by atoms with Gasteiger partial charge < -0.3 is 19.5 Å². The Labute approximate surface area is 163 Å². The van der Waals surface area contributed by atoms with Gasteiger partial charge in [0.15, 0.2) is 17.6 Å². The second kappa shape index (κ2) is 8.43. The van der Waals surface area contributed by atoms with Crippen LogP contribution in [0.5, 0.6) is 11.5 Å². The number of esters is 1. The molecule has 1 N–H and O–H groups in total. The van der Waals surface area contributed by atoms with Crippen LogP contribution in [0.15, 0.2) is 60.7 Å². The average molecular weight is 379 g/mol. The molecule has 0 aliphatic carbocycles. The molecule has 0 heterocycles. The topological polar surface area (TPSA) is 73.9 Å². The highest BCUT2D eigenvalue weighted by Gasteiger charge is 2.20. The molecule has 0 unspecified atom stereocenters. The Morgan fingerprint density at radius 3 is 2.36 bits per heavy atom. The Balaban J connectivity index is 1.71. The number of rotatable bonds is 6. The van der Waals surface area contributed by atoms with E-state index in [1.165, 1.54) is 27.2 Å². The largest absolute Gasteiger partial charge is 0.493 e. The lowest BCUT2D eigenvalue weighted by molar-refractivity contribution is -0.123. The van der Waals surface area contributed by atoms with Crippen molar-refractivity contribution in [1.29, 1.82) is 0 Å². The number of fused-ring (bicyclic) bond motifs is 1. The van der Waals surface area contributed by atoms with Crippen LogP contribution >= 0.6 is 0 Å². The van der Waals surface area contributed by atoms with Crippen molar-refractivity contribution in [2.45, 2.75) is 13.0 Å². The predicted molar refractivity (Wildman–Crippen MR) is 107 cm³/mol. The minimum atomic E-state index is -0.973. The van der Waals surface area contributed by atoms with Crippen LogP contribution in [0.3, 0.4) is 0 Å². The summed E-state index contributed by atoms with van der Waals surface area (Å²) in [6.07, 6.45) is -0.973. The van der Waals surface area contributed by atoms with Gasteiger partial charge in [-0.2, -0.15) is 0 Å². The van der Waals surface area contributed by atoms with Gasteiger partial charge in [0.1, 0.15) is 0 Å². The van der Waals surface area contributed by atoms with Gasteiger partial charge in [0.25, 0.3) is 5.91 Å². The molecule has 0 fully saturated rings. The number of anilines is 1. The van der Waals surface area contributed by atoms with Gasteiger partial charge in [-0.05, 0) is 36.6 Å². The predicted octanol–water partition coefficient (Wildman–Crippen LogP) is 4.04. The number of methoxy groups -OCH3 is 2. The van der Waals surface area contributed by atoms with Crippen molar-refractivity contribution in [3.05, 3.63) is 66.2 Å². The third-order valence-corrected chi connectivity index (χ3v) is 4.32. The van der Waals surface area contributed by atoms with Crippen molar-refractivity contribution >= 4 is 28.3 Å². The summed E-state index contributed by atoms with van der Waals surface area (Å²) in [4.78, 5) is 24.9. The second-order valence-corrected chi connectivity index (χ2v) is 6.13. The van der Waals surface area contributed by atoms with E-state index in [1.54, 1.807) is 12.1 Å². The van der Waals surface area contributed by atoms with Crippen molar-refractivity contribution in [3.8, 4) is 11.5 Å². The molecular weight excluding hydrogens is 358 g/mol. The summed E-state index contributed by atoms with van der Waals surface area (Å²) < 4.78 is 15.6. The van der Waals surface area contributed by atoms with E-state index in [2.05, 4.69) is 5.32 Å². The molecule has 0 radical (unpaired) electrons. The lowest BCUT2D eigenvalue weighted by atomic mass is 10.1. The molecule has 6 heteroatoms. The minimum absolute atomic E-state index is 0.266. The van der Waals surface area contributed by atoms with Crippen LogP contribution in [0.2, 0.25) is 0 Å². The van der Waals surface area contributed by atoms with Crippen LogP contribution in [0, 0.1) is 0 Å². The van der Waals surface area contributed by atoms with Gasteiger partial charge in [-0.15, -0.1) is 0 Å². The van der Waals surface area contributed by atoms with E-state index >= 15 is 0 Å². The van der Waals surface area contributed by atoms with Crippen LogP contribution in [0.1, 0.15) is 17.3 Å². The van der Waals surface area contributed by atoms with E-state index in [0.717, 1.165) is 10.8 Å². The Kier molecular flexibility index (Phi) is 5.79. The van der Waals surface area contributed by atoms with Gasteiger partial charge in [0.05, 0.1) is 19.8 Å². The lowest BCUT2D eigenvalue weighted by Crippen LogP contribution is -2.30. The number of hydrogen-bond donors (Lipinski definition) is 1. The normalized spacial score (nSPS) is 11.5. The molecule has 144 valence electrons. The second-order valence-electron chi connectivity index (χ2n) is 6.13. The van der Waals surface area contributed by atoms with Crippen LogP contribution < -0.4 is 14.8 Å². The van der Waals surface area contributed by atoms with Crippen LogP contribution in [-0.4, -0.2) is 32.2 Å². The first-order valence-corrected chi connectivity index (χ1v) is 8.75. The number of ether oxygens (including phenoxy) is 3. The summed E-state index contributed by atoms with van der Waals surface area (Å²) >= 11 is 0. The monoisotopic (exact) mass is 379 g/mol. The summed E-state index contributed by atoms with van der Waals surface area (Å²) in [7, 11) is 2.99. The van der Waals surface area contributed by atoms with Crippen molar-refractivity contribution in [2.75, 3.05) is 19.5 Å². The SMILES string of the molecule is COc1ccc(C(=O)O[C@H](C)C(=O)Nc2cccc3ccccc23)cc1OC. The van der Waals surface area contributed by atoms with Gasteiger partial charge in [-0.1, -0.05) is 36.4 Å². The number of carbonyl (C=O) groups excluding carboxylic acids is 2. The van der Waals surface area contributed by atoms with Crippen molar-refractivity contribution in [1.82, 2.24) is 0 Å². The average Bonchev–Trinajstić information content (AvgIpc) is 2.73. The number of amides is 1. The van der Waals surface area contributed by atoms with Gasteiger partial charge in [0, 0.05) is 11.1 Å². The number of hydrogen-bond acceptors (Lipinski definition) is 5. The number of carbonyl (C=O) groups is 2. The summed E-state index contributed by atoms with van der Waals surface area (Å²) in [6, 6.07) is 18.0. The zero-order valence-corrected chi connectivity index (χ0v) is 15.9. The highest BCUT2D eigenvalue weighted by Crippen LogP contribution is 2.28. The maximum Gasteiger partial charge on any atom is 0.339 e. The van der Waals surface area contributed by atoms with E-state index in [-0.39, 0.29) is 5.56 Å². The summed E-state index contributed by atoms with van der Waals surface area (Å²) in [5, 5.41) is 4.74. The van der Waals surface area contributed by atoms with Crippen molar-refractivity contribution in [3.63, 3.8) is 0 Å². The fourth-order valence-electron chi connectivity index (χ4n) is 2.81. The maximum atomic E-state index is 12.5. The zero-order chi connectivity index (χ0) is 20.1. The Hall–Kier alpha value is -3.54. The first-order valence-electron chi connectivity index (χ1n) is 8.75. The van der Waals surface area contributed by atoms with E-state index in [9.17, 15) is 9.59 Å². The van der Waals surface area contributed by atoms with Crippen molar-refractivity contribution in [2.24, 2.45) is 0 Å². The molecule has 3 rings (SSSR count). The maximum absolute atomic E-state index is 12.5. The highest BCUT2D eigenvalue weighted by molar-refractivity contribution is 6.04. The van der Waals surface area contributed by atoms with E-state index in [1.807, 2.05) is 42.5 Å². The fraction of sp³-hybridized carbons (Fsp3) is 0.182. The molecule has 1 amide bonds. The molecule has 1 atom stereocenters. The Morgan fingerprint density at radius 2 is 1.61 bits per heavy atom. The first-order chi connectivity index (χ1) is 13.5. The fourth-order valence-corrected chi connectivity index (χ4v) is 2.81. The quantitative estimate of drug-likeness (QED) is 0.654. The smallest absolute Gasteiger partial charge is 0.339 e. The van der Waals surface area contributed by atoms with E-state index < -0.39 is 18.0 Å². The molecule has 3 aromatic carbocycles. The molecule has 0 bridgehead atoms. The molecular formula is C22H21NO5. The Bertz CT molecular complexity index is 1010. The highest BCUT2D eigenvalue weighted by atomic mass is 16.5. The molecule has 0 aromatic heterocycles. The molecule has 28 heavy (non-hydrogen) atoms. The summed E-state index contributed by atoms with van der Waals surface area (Å²) in [5.41, 5.74) is 0.930. The van der Waals surface area contributed by atoms with Crippen LogP contribution in [0.25, 0.3) is 10.8 Å². The van der Waals surface area contributed by atoms with Gasteiger partial charge in [0.2, 0.25) is 0 Å². The Morgan fingerprint density at radius 1 is 0.893 bits per heavy atom. The van der Waals surface area contributed by atoms with Gasteiger partial charge in [-0.25, -0.2) is 4.79 Å².